The lowest BCUT2D eigenvalue weighted by atomic mass is 10.1. The number of rotatable bonds is 7. The molecule has 5 heteroatoms. The Hall–Kier alpha value is -1.30. The smallest absolute Gasteiger partial charge is 0.126 e. The standard InChI is InChI=1S/C16H27N3O2/c1-18-7-9-19(10-8-18)11-12-21-16-13-15(20-2)4-3-14(16)5-6-17/h3-4,13H,5-12,17H2,1-2H3. The average Bonchev–Trinajstić information content (AvgIpc) is 2.51. The Bertz CT molecular complexity index is 432. The van der Waals surface area contributed by atoms with Gasteiger partial charge in [-0.25, -0.2) is 0 Å². The van der Waals surface area contributed by atoms with Crippen molar-refractivity contribution < 1.29 is 9.47 Å². The van der Waals surface area contributed by atoms with Crippen LogP contribution in [-0.4, -0.2) is 69.8 Å². The van der Waals surface area contributed by atoms with Crippen molar-refractivity contribution >= 4 is 0 Å². The van der Waals surface area contributed by atoms with Crippen molar-refractivity contribution in [1.82, 2.24) is 9.80 Å². The highest BCUT2D eigenvalue weighted by Crippen LogP contribution is 2.25. The van der Waals surface area contributed by atoms with Gasteiger partial charge in [-0.15, -0.1) is 0 Å². The minimum Gasteiger partial charge on any atom is -0.497 e. The van der Waals surface area contributed by atoms with E-state index >= 15 is 0 Å². The molecule has 0 saturated carbocycles. The minimum atomic E-state index is 0.626. The lowest BCUT2D eigenvalue weighted by molar-refractivity contribution is 0.133. The van der Waals surface area contributed by atoms with Crippen molar-refractivity contribution in [1.29, 1.82) is 0 Å². The number of methoxy groups -OCH3 is 1. The van der Waals surface area contributed by atoms with Gasteiger partial charge in [-0.2, -0.15) is 0 Å². The lowest BCUT2D eigenvalue weighted by Crippen LogP contribution is -2.45. The molecule has 118 valence electrons. The summed E-state index contributed by atoms with van der Waals surface area (Å²) in [5.74, 6) is 1.72. The molecule has 1 aliphatic heterocycles. The first-order valence-corrected chi connectivity index (χ1v) is 7.63. The molecule has 1 aliphatic rings. The molecule has 0 unspecified atom stereocenters. The second-order valence-corrected chi connectivity index (χ2v) is 5.51. The van der Waals surface area contributed by atoms with E-state index in [2.05, 4.69) is 16.8 Å². The van der Waals surface area contributed by atoms with Crippen molar-refractivity contribution in [2.24, 2.45) is 5.73 Å². The first-order chi connectivity index (χ1) is 10.2. The number of likely N-dealkylation sites (N-methyl/N-ethyl adjacent to an activating group) is 1. The van der Waals surface area contributed by atoms with Gasteiger partial charge in [0, 0.05) is 38.8 Å². The number of hydrogen-bond donors (Lipinski definition) is 1. The molecule has 0 bridgehead atoms. The van der Waals surface area contributed by atoms with Gasteiger partial charge in [-0.05, 0) is 31.6 Å². The Kier molecular flexibility index (Phi) is 6.29. The van der Waals surface area contributed by atoms with Crippen LogP contribution >= 0.6 is 0 Å². The predicted octanol–water partition coefficient (Wildman–Crippen LogP) is 0.823. The normalized spacial score (nSPS) is 16.9. The van der Waals surface area contributed by atoms with Crippen molar-refractivity contribution in [2.45, 2.75) is 6.42 Å². The predicted molar refractivity (Wildman–Crippen MR) is 85.2 cm³/mol. The zero-order chi connectivity index (χ0) is 15.1. The largest absolute Gasteiger partial charge is 0.497 e. The fourth-order valence-corrected chi connectivity index (χ4v) is 2.51. The van der Waals surface area contributed by atoms with E-state index in [1.807, 2.05) is 18.2 Å². The van der Waals surface area contributed by atoms with E-state index in [1.165, 1.54) is 0 Å². The van der Waals surface area contributed by atoms with Gasteiger partial charge in [0.2, 0.25) is 0 Å². The summed E-state index contributed by atoms with van der Waals surface area (Å²) >= 11 is 0. The first kappa shape index (κ1) is 16.1. The molecular weight excluding hydrogens is 266 g/mol. The zero-order valence-electron chi connectivity index (χ0n) is 13.2. The summed E-state index contributed by atoms with van der Waals surface area (Å²) < 4.78 is 11.2. The monoisotopic (exact) mass is 293 g/mol. The van der Waals surface area contributed by atoms with Crippen molar-refractivity contribution in [3.8, 4) is 11.5 Å². The fraction of sp³-hybridized carbons (Fsp3) is 0.625. The minimum absolute atomic E-state index is 0.626. The Morgan fingerprint density at radius 1 is 1.19 bits per heavy atom. The molecule has 1 aromatic rings. The van der Waals surface area contributed by atoms with Crippen LogP contribution in [-0.2, 0) is 6.42 Å². The maximum absolute atomic E-state index is 5.97. The Labute approximate surface area is 127 Å². The number of piperazine rings is 1. The van der Waals surface area contributed by atoms with Crippen LogP contribution in [0.3, 0.4) is 0 Å². The van der Waals surface area contributed by atoms with Crippen LogP contribution in [0.25, 0.3) is 0 Å². The van der Waals surface area contributed by atoms with E-state index in [0.29, 0.717) is 13.2 Å². The summed E-state index contributed by atoms with van der Waals surface area (Å²) in [7, 11) is 3.84. The van der Waals surface area contributed by atoms with Crippen LogP contribution in [0.4, 0.5) is 0 Å². The van der Waals surface area contributed by atoms with E-state index in [9.17, 15) is 0 Å². The highest BCUT2D eigenvalue weighted by molar-refractivity contribution is 5.41. The van der Waals surface area contributed by atoms with Crippen LogP contribution in [0.1, 0.15) is 5.56 Å². The highest BCUT2D eigenvalue weighted by atomic mass is 16.5. The lowest BCUT2D eigenvalue weighted by Gasteiger charge is -2.32. The van der Waals surface area contributed by atoms with Gasteiger partial charge in [0.25, 0.3) is 0 Å². The van der Waals surface area contributed by atoms with Gasteiger partial charge in [-0.3, -0.25) is 4.90 Å². The summed E-state index contributed by atoms with van der Waals surface area (Å²) in [5.41, 5.74) is 6.81. The molecule has 0 amide bonds. The van der Waals surface area contributed by atoms with E-state index < -0.39 is 0 Å². The molecule has 2 rings (SSSR count). The van der Waals surface area contributed by atoms with Gasteiger partial charge in [-0.1, -0.05) is 6.07 Å². The molecule has 0 atom stereocenters. The number of nitrogens with two attached hydrogens (primary N) is 1. The summed E-state index contributed by atoms with van der Waals surface area (Å²) in [6, 6.07) is 5.95. The van der Waals surface area contributed by atoms with Gasteiger partial charge in [0.1, 0.15) is 18.1 Å². The maximum atomic E-state index is 5.97. The molecular formula is C16H27N3O2. The zero-order valence-corrected chi connectivity index (χ0v) is 13.2. The number of ether oxygens (including phenoxy) is 2. The van der Waals surface area contributed by atoms with Crippen LogP contribution in [0.2, 0.25) is 0 Å². The average molecular weight is 293 g/mol. The summed E-state index contributed by atoms with van der Waals surface area (Å²) in [4.78, 5) is 4.81. The van der Waals surface area contributed by atoms with E-state index in [4.69, 9.17) is 15.2 Å². The van der Waals surface area contributed by atoms with Gasteiger partial charge in [0.05, 0.1) is 7.11 Å². The summed E-state index contributed by atoms with van der Waals surface area (Å²) in [6.45, 7) is 6.80. The van der Waals surface area contributed by atoms with Gasteiger partial charge in [0.15, 0.2) is 0 Å². The van der Waals surface area contributed by atoms with Gasteiger partial charge < -0.3 is 20.1 Å². The second-order valence-electron chi connectivity index (χ2n) is 5.51. The molecule has 1 heterocycles. The van der Waals surface area contributed by atoms with E-state index in [0.717, 1.165) is 56.2 Å². The van der Waals surface area contributed by atoms with E-state index in [-0.39, 0.29) is 0 Å². The quantitative estimate of drug-likeness (QED) is 0.807. The first-order valence-electron chi connectivity index (χ1n) is 7.63. The number of nitrogens with zero attached hydrogens (tertiary/aromatic N) is 2. The van der Waals surface area contributed by atoms with Crippen LogP contribution in [0.5, 0.6) is 11.5 Å². The Balaban J connectivity index is 1.86. The SMILES string of the molecule is COc1ccc(CCN)c(OCCN2CCN(C)CC2)c1. The third-order valence-electron chi connectivity index (χ3n) is 3.95. The Morgan fingerprint density at radius 3 is 2.62 bits per heavy atom. The van der Waals surface area contributed by atoms with Crippen molar-refractivity contribution in [3.63, 3.8) is 0 Å². The molecule has 0 aliphatic carbocycles. The third kappa shape index (κ3) is 4.88. The van der Waals surface area contributed by atoms with Crippen LogP contribution in [0.15, 0.2) is 18.2 Å². The number of hydrogen-bond acceptors (Lipinski definition) is 5. The molecule has 5 nitrogen and oxygen atoms in total. The van der Waals surface area contributed by atoms with Crippen LogP contribution in [0, 0.1) is 0 Å². The maximum Gasteiger partial charge on any atom is 0.126 e. The molecule has 21 heavy (non-hydrogen) atoms. The summed E-state index contributed by atoms with van der Waals surface area (Å²) in [6.07, 6.45) is 0.827. The molecule has 1 aromatic carbocycles. The molecule has 0 aromatic heterocycles. The number of benzene rings is 1. The molecule has 2 N–H and O–H groups in total. The fourth-order valence-electron chi connectivity index (χ4n) is 2.51. The topological polar surface area (TPSA) is 51.0 Å². The molecule has 0 radical (unpaired) electrons. The van der Waals surface area contributed by atoms with Crippen molar-refractivity contribution in [2.75, 3.05) is 60.0 Å². The van der Waals surface area contributed by atoms with Gasteiger partial charge >= 0.3 is 0 Å². The highest BCUT2D eigenvalue weighted by Gasteiger charge is 2.13. The van der Waals surface area contributed by atoms with Crippen molar-refractivity contribution in [3.05, 3.63) is 23.8 Å². The summed E-state index contributed by atoms with van der Waals surface area (Å²) in [5, 5.41) is 0. The van der Waals surface area contributed by atoms with E-state index in [1.54, 1.807) is 7.11 Å². The Morgan fingerprint density at radius 2 is 1.95 bits per heavy atom. The molecule has 1 saturated heterocycles. The second kappa shape index (κ2) is 8.22. The molecule has 1 fully saturated rings. The molecule has 0 spiro atoms. The van der Waals surface area contributed by atoms with Crippen LogP contribution < -0.4 is 15.2 Å². The third-order valence-corrected chi connectivity index (χ3v) is 3.95.